The van der Waals surface area contributed by atoms with Gasteiger partial charge in [-0.05, 0) is 43.9 Å². The van der Waals surface area contributed by atoms with E-state index in [1.807, 2.05) is 6.92 Å². The number of rotatable bonds is 7. The SMILES string of the molecule is Cc1cc(Nc2nc(N(C)c3c(F)cc(S(C)(=O)=O)cc3F)nc(-c3ccn(C)c(=O)c3)c2C2CC2)n[nH]1. The van der Waals surface area contributed by atoms with Crippen LogP contribution in [0.5, 0.6) is 0 Å². The molecule has 0 spiro atoms. The number of hydrogen-bond donors (Lipinski definition) is 2. The molecule has 38 heavy (non-hydrogen) atoms. The van der Waals surface area contributed by atoms with Crippen LogP contribution in [0, 0.1) is 18.6 Å². The molecule has 2 N–H and O–H groups in total. The van der Waals surface area contributed by atoms with Gasteiger partial charge < -0.3 is 14.8 Å². The van der Waals surface area contributed by atoms with Crippen molar-refractivity contribution in [2.45, 2.75) is 30.6 Å². The summed E-state index contributed by atoms with van der Waals surface area (Å²) in [7, 11) is -0.824. The number of aromatic amines is 1. The molecule has 1 fully saturated rings. The van der Waals surface area contributed by atoms with Gasteiger partial charge in [-0.2, -0.15) is 10.1 Å². The van der Waals surface area contributed by atoms with Crippen LogP contribution in [0.4, 0.5) is 32.1 Å². The first-order chi connectivity index (χ1) is 17.9. The highest BCUT2D eigenvalue weighted by atomic mass is 32.2. The van der Waals surface area contributed by atoms with Gasteiger partial charge in [0.05, 0.1) is 10.6 Å². The number of benzene rings is 1. The molecule has 10 nitrogen and oxygen atoms in total. The molecule has 0 bridgehead atoms. The van der Waals surface area contributed by atoms with E-state index < -0.39 is 32.1 Å². The minimum absolute atomic E-state index is 0.0651. The van der Waals surface area contributed by atoms with E-state index in [-0.39, 0.29) is 17.4 Å². The van der Waals surface area contributed by atoms with Crippen LogP contribution in [0.15, 0.2) is 46.2 Å². The molecule has 1 aliphatic rings. The van der Waals surface area contributed by atoms with Gasteiger partial charge in [0.2, 0.25) is 5.95 Å². The number of anilines is 4. The molecule has 13 heteroatoms. The van der Waals surface area contributed by atoms with E-state index >= 15 is 8.78 Å². The second-order valence-electron chi connectivity index (χ2n) is 9.40. The summed E-state index contributed by atoms with van der Waals surface area (Å²) in [4.78, 5) is 22.4. The van der Waals surface area contributed by atoms with Crippen LogP contribution in [0.1, 0.15) is 30.0 Å². The Hall–Kier alpha value is -4.13. The lowest BCUT2D eigenvalue weighted by Crippen LogP contribution is -2.19. The number of aromatic nitrogens is 5. The normalized spacial score (nSPS) is 13.5. The molecule has 4 aromatic rings. The van der Waals surface area contributed by atoms with E-state index in [9.17, 15) is 13.2 Å². The molecular formula is C25H25F2N7O3S. The lowest BCUT2D eigenvalue weighted by Gasteiger charge is -2.23. The summed E-state index contributed by atoms with van der Waals surface area (Å²) in [5, 5.41) is 10.2. The third-order valence-electron chi connectivity index (χ3n) is 6.30. The molecule has 0 radical (unpaired) electrons. The van der Waals surface area contributed by atoms with E-state index in [1.165, 1.54) is 17.7 Å². The van der Waals surface area contributed by atoms with Gasteiger partial charge in [0.1, 0.15) is 11.5 Å². The van der Waals surface area contributed by atoms with Crippen LogP contribution in [0.3, 0.4) is 0 Å². The largest absolute Gasteiger partial charge is 0.323 e. The maximum absolute atomic E-state index is 15.1. The Morgan fingerprint density at radius 3 is 2.37 bits per heavy atom. The number of aryl methyl sites for hydroxylation is 2. The van der Waals surface area contributed by atoms with Crippen molar-refractivity contribution < 1.29 is 17.2 Å². The predicted octanol–water partition coefficient (Wildman–Crippen LogP) is 3.94. The monoisotopic (exact) mass is 541 g/mol. The standard InChI is InChI=1S/C25H25F2N7O3S/c1-13-9-19(32-31-13)28-24-21(14-5-6-14)22(15-7-8-33(2)20(35)10-15)29-25(30-24)34(3)23-17(26)11-16(12-18(23)27)38(4,36)37/h7-12,14H,5-6H2,1-4H3,(H2,28,29,30,31,32). The average Bonchev–Trinajstić information content (AvgIpc) is 3.60. The summed E-state index contributed by atoms with van der Waals surface area (Å²) in [6.07, 6.45) is 4.27. The minimum Gasteiger partial charge on any atom is -0.323 e. The third-order valence-corrected chi connectivity index (χ3v) is 7.40. The molecule has 0 saturated heterocycles. The summed E-state index contributed by atoms with van der Waals surface area (Å²) in [6, 6.07) is 6.49. The van der Waals surface area contributed by atoms with Crippen molar-refractivity contribution in [2.24, 2.45) is 7.05 Å². The van der Waals surface area contributed by atoms with E-state index in [2.05, 4.69) is 25.5 Å². The number of sulfone groups is 1. The van der Waals surface area contributed by atoms with Crippen LogP contribution in [0.25, 0.3) is 11.3 Å². The van der Waals surface area contributed by atoms with Gasteiger partial charge in [-0.3, -0.25) is 9.89 Å². The predicted molar refractivity (Wildman–Crippen MR) is 139 cm³/mol. The maximum Gasteiger partial charge on any atom is 0.250 e. The fourth-order valence-corrected chi connectivity index (χ4v) is 4.79. The van der Waals surface area contributed by atoms with Gasteiger partial charge in [0.15, 0.2) is 27.3 Å². The number of H-pyrrole nitrogens is 1. The molecular weight excluding hydrogens is 516 g/mol. The van der Waals surface area contributed by atoms with Crippen LogP contribution >= 0.6 is 0 Å². The van der Waals surface area contributed by atoms with Gasteiger partial charge in [0.25, 0.3) is 5.56 Å². The highest BCUT2D eigenvalue weighted by Gasteiger charge is 2.33. The molecule has 3 aromatic heterocycles. The van der Waals surface area contributed by atoms with E-state index in [0.717, 1.165) is 47.4 Å². The van der Waals surface area contributed by atoms with E-state index in [0.29, 0.717) is 22.9 Å². The van der Waals surface area contributed by atoms with Crippen molar-refractivity contribution in [2.75, 3.05) is 23.5 Å². The number of pyridine rings is 1. The zero-order valence-electron chi connectivity index (χ0n) is 21.1. The van der Waals surface area contributed by atoms with Crippen LogP contribution in [0.2, 0.25) is 0 Å². The van der Waals surface area contributed by atoms with Gasteiger partial charge >= 0.3 is 0 Å². The lowest BCUT2D eigenvalue weighted by molar-refractivity contribution is 0.569. The minimum atomic E-state index is -3.83. The Morgan fingerprint density at radius 1 is 1.13 bits per heavy atom. The second kappa shape index (κ2) is 9.31. The molecule has 1 aromatic carbocycles. The van der Waals surface area contributed by atoms with Crippen molar-refractivity contribution in [3.8, 4) is 11.3 Å². The van der Waals surface area contributed by atoms with Crippen molar-refractivity contribution >= 4 is 33.1 Å². The first-order valence-electron chi connectivity index (χ1n) is 11.7. The Bertz CT molecular complexity index is 1710. The van der Waals surface area contributed by atoms with Crippen LogP contribution in [-0.2, 0) is 16.9 Å². The summed E-state index contributed by atoms with van der Waals surface area (Å²) in [5.41, 5.74) is 1.79. The number of hydrogen-bond acceptors (Lipinski definition) is 8. The lowest BCUT2D eigenvalue weighted by atomic mass is 10.0. The van der Waals surface area contributed by atoms with Crippen LogP contribution < -0.4 is 15.8 Å². The van der Waals surface area contributed by atoms with Gasteiger partial charge in [-0.25, -0.2) is 22.2 Å². The number of nitrogens with zero attached hydrogens (tertiary/aromatic N) is 5. The molecule has 198 valence electrons. The fraction of sp³-hybridized carbons (Fsp3) is 0.280. The number of nitrogens with one attached hydrogen (secondary N) is 2. The quantitative estimate of drug-likeness (QED) is 0.360. The summed E-state index contributed by atoms with van der Waals surface area (Å²) in [5.74, 6) is -1.24. The maximum atomic E-state index is 15.1. The Balaban J connectivity index is 1.71. The molecule has 0 atom stereocenters. The Kier molecular flexibility index (Phi) is 6.25. The molecule has 3 heterocycles. The van der Waals surface area contributed by atoms with Crippen molar-refractivity contribution in [1.29, 1.82) is 0 Å². The smallest absolute Gasteiger partial charge is 0.250 e. The summed E-state index contributed by atoms with van der Waals surface area (Å²) < 4.78 is 55.3. The highest BCUT2D eigenvalue weighted by molar-refractivity contribution is 7.90. The van der Waals surface area contributed by atoms with E-state index in [4.69, 9.17) is 0 Å². The van der Waals surface area contributed by atoms with Crippen LogP contribution in [-0.4, -0.2) is 46.5 Å². The van der Waals surface area contributed by atoms with E-state index in [1.54, 1.807) is 25.4 Å². The van der Waals surface area contributed by atoms with Gasteiger partial charge in [-0.1, -0.05) is 0 Å². The first-order valence-corrected chi connectivity index (χ1v) is 13.6. The molecule has 0 aliphatic heterocycles. The summed E-state index contributed by atoms with van der Waals surface area (Å²) in [6.45, 7) is 1.84. The van der Waals surface area contributed by atoms with Crippen molar-refractivity contribution in [3.63, 3.8) is 0 Å². The molecule has 1 saturated carbocycles. The topological polar surface area (TPSA) is 126 Å². The zero-order chi connectivity index (χ0) is 27.4. The zero-order valence-corrected chi connectivity index (χ0v) is 21.9. The van der Waals surface area contributed by atoms with Gasteiger partial charge in [-0.15, -0.1) is 0 Å². The first kappa shape index (κ1) is 25.5. The molecule has 5 rings (SSSR count). The van der Waals surface area contributed by atoms with Crippen molar-refractivity contribution in [3.05, 3.63) is 69.8 Å². The Morgan fingerprint density at radius 2 is 1.82 bits per heavy atom. The average molecular weight is 542 g/mol. The molecule has 0 unspecified atom stereocenters. The summed E-state index contributed by atoms with van der Waals surface area (Å²) >= 11 is 0. The fourth-order valence-electron chi connectivity index (χ4n) is 4.16. The molecule has 1 aliphatic carbocycles. The van der Waals surface area contributed by atoms with Crippen molar-refractivity contribution in [1.82, 2.24) is 24.7 Å². The Labute approximate surface area is 217 Å². The third kappa shape index (κ3) is 4.88. The second-order valence-corrected chi connectivity index (χ2v) is 11.4. The number of halogens is 2. The molecule has 0 amide bonds. The highest BCUT2D eigenvalue weighted by Crippen LogP contribution is 2.48. The van der Waals surface area contributed by atoms with Gasteiger partial charge in [0, 0.05) is 55.5 Å².